The van der Waals surface area contributed by atoms with Crippen molar-refractivity contribution >= 4 is 22.5 Å². The lowest BCUT2D eigenvalue weighted by molar-refractivity contribution is 0.139. The highest BCUT2D eigenvalue weighted by molar-refractivity contribution is 6.23. The molecule has 0 saturated carbocycles. The van der Waals surface area contributed by atoms with Gasteiger partial charge in [-0.2, -0.15) is 0 Å². The Morgan fingerprint density at radius 3 is 2.47 bits per heavy atom. The molecule has 3 rings (SSSR count). The van der Waals surface area contributed by atoms with Crippen molar-refractivity contribution in [2.24, 2.45) is 0 Å². The van der Waals surface area contributed by atoms with Crippen molar-refractivity contribution in [3.63, 3.8) is 0 Å². The molecule has 34 heavy (non-hydrogen) atoms. The lowest BCUT2D eigenvalue weighted by atomic mass is 9.84. The van der Waals surface area contributed by atoms with E-state index in [-0.39, 0.29) is 5.41 Å². The Morgan fingerprint density at radius 2 is 1.91 bits per heavy atom. The maximum Gasteiger partial charge on any atom is 0.0767 e. The first-order valence-corrected chi connectivity index (χ1v) is 13.0. The SMILES string of the molecule is C=CC(C)(C)c1[nH]c2c(C[C@H](O)C(C)(C)Cl)cc(CC=C(C)C)cc2c1C[C@@H]1CN[C@H](C)CN1. The van der Waals surface area contributed by atoms with Gasteiger partial charge in [0.05, 0.1) is 11.0 Å². The smallest absolute Gasteiger partial charge is 0.0767 e. The molecule has 1 saturated heterocycles. The van der Waals surface area contributed by atoms with Crippen molar-refractivity contribution in [2.45, 2.75) is 96.2 Å². The van der Waals surface area contributed by atoms with Gasteiger partial charge in [0.25, 0.3) is 0 Å². The first-order valence-electron chi connectivity index (χ1n) is 12.6. The van der Waals surface area contributed by atoms with Crippen LogP contribution < -0.4 is 10.6 Å². The summed E-state index contributed by atoms with van der Waals surface area (Å²) in [6.45, 7) is 20.7. The van der Waals surface area contributed by atoms with Crippen molar-refractivity contribution in [3.8, 4) is 0 Å². The maximum atomic E-state index is 10.9. The largest absolute Gasteiger partial charge is 0.391 e. The molecule has 0 spiro atoms. The molecular weight excluding hydrogens is 442 g/mol. The fourth-order valence-electron chi connectivity index (χ4n) is 4.63. The normalized spacial score (nSPS) is 20.4. The van der Waals surface area contributed by atoms with Crippen molar-refractivity contribution < 1.29 is 5.11 Å². The molecule has 5 heteroatoms. The molecule has 0 amide bonds. The summed E-state index contributed by atoms with van der Waals surface area (Å²) in [7, 11) is 0. The first-order chi connectivity index (χ1) is 15.8. The zero-order valence-corrected chi connectivity index (χ0v) is 22.9. The number of aliphatic hydroxyl groups excluding tert-OH is 1. The number of H-pyrrole nitrogens is 1. The highest BCUT2D eigenvalue weighted by Crippen LogP contribution is 2.36. The summed E-state index contributed by atoms with van der Waals surface area (Å²) in [5.41, 5.74) is 7.13. The average Bonchev–Trinajstić information content (AvgIpc) is 3.12. The standard InChI is InChI=1S/C29H44ClN3O/c1-9-28(5,6)27-24(15-22-17-31-19(4)16-32-22)23-13-20(11-10-18(2)3)12-21(26(23)33-27)14-25(34)29(7,8)30/h9-10,12-13,19,22,25,31-34H,1,11,14-17H2,2-8H3/t19-,22-,25+/m1/s1. The van der Waals surface area contributed by atoms with Gasteiger partial charge in [-0.3, -0.25) is 0 Å². The lowest BCUT2D eigenvalue weighted by Crippen LogP contribution is -2.54. The minimum Gasteiger partial charge on any atom is -0.391 e. The molecule has 2 heterocycles. The second kappa shape index (κ2) is 10.6. The van der Waals surface area contributed by atoms with Crippen molar-refractivity contribution in [1.29, 1.82) is 0 Å². The summed E-state index contributed by atoms with van der Waals surface area (Å²) in [5.74, 6) is 0. The number of alkyl halides is 1. The van der Waals surface area contributed by atoms with Crippen LogP contribution in [0.4, 0.5) is 0 Å². The minimum absolute atomic E-state index is 0.203. The number of aliphatic hydroxyl groups is 1. The minimum atomic E-state index is -0.699. The monoisotopic (exact) mass is 485 g/mol. The van der Waals surface area contributed by atoms with E-state index in [0.717, 1.165) is 37.0 Å². The van der Waals surface area contributed by atoms with Gasteiger partial charge in [-0.05, 0) is 70.2 Å². The molecule has 3 atom stereocenters. The molecule has 0 unspecified atom stereocenters. The first kappa shape index (κ1) is 27.0. The molecule has 1 aliphatic rings. The highest BCUT2D eigenvalue weighted by Gasteiger charge is 2.30. The fraction of sp³-hybridized carbons (Fsp3) is 0.586. The second-order valence-corrected chi connectivity index (χ2v) is 12.4. The Kier molecular flexibility index (Phi) is 8.40. The second-order valence-electron chi connectivity index (χ2n) is 11.5. The van der Waals surface area contributed by atoms with Gasteiger partial charge < -0.3 is 20.7 Å². The van der Waals surface area contributed by atoms with Crippen molar-refractivity contribution in [1.82, 2.24) is 15.6 Å². The van der Waals surface area contributed by atoms with E-state index in [1.807, 2.05) is 19.9 Å². The molecular formula is C29H44ClN3O. The topological polar surface area (TPSA) is 60.1 Å². The summed E-state index contributed by atoms with van der Waals surface area (Å²) < 4.78 is 0. The fourth-order valence-corrected chi connectivity index (χ4v) is 4.70. The van der Waals surface area contributed by atoms with Gasteiger partial charge in [0, 0.05) is 53.6 Å². The molecule has 0 aliphatic carbocycles. The van der Waals surface area contributed by atoms with E-state index >= 15 is 0 Å². The summed E-state index contributed by atoms with van der Waals surface area (Å²) in [4.78, 5) is 3.08. The highest BCUT2D eigenvalue weighted by atomic mass is 35.5. The van der Waals surface area contributed by atoms with Crippen LogP contribution in [0.25, 0.3) is 10.9 Å². The number of hydrogen-bond acceptors (Lipinski definition) is 3. The number of halogens is 1. The number of aromatic nitrogens is 1. The van der Waals surface area contributed by atoms with Gasteiger partial charge in [-0.1, -0.05) is 37.6 Å². The van der Waals surface area contributed by atoms with Crippen LogP contribution >= 0.6 is 11.6 Å². The molecule has 2 aromatic rings. The third kappa shape index (κ3) is 6.34. The van der Waals surface area contributed by atoms with E-state index in [9.17, 15) is 5.11 Å². The van der Waals surface area contributed by atoms with E-state index in [4.69, 9.17) is 11.6 Å². The van der Waals surface area contributed by atoms with Gasteiger partial charge in [0.1, 0.15) is 0 Å². The van der Waals surface area contributed by atoms with Gasteiger partial charge >= 0.3 is 0 Å². The zero-order valence-electron chi connectivity index (χ0n) is 22.1. The van der Waals surface area contributed by atoms with Gasteiger partial charge in [0.15, 0.2) is 0 Å². The molecule has 4 N–H and O–H groups in total. The predicted molar refractivity (Wildman–Crippen MR) is 147 cm³/mol. The van der Waals surface area contributed by atoms with E-state index in [2.05, 4.69) is 75.0 Å². The quantitative estimate of drug-likeness (QED) is 0.278. The zero-order chi connectivity index (χ0) is 25.3. The van der Waals surface area contributed by atoms with Crippen LogP contribution in [0, 0.1) is 0 Å². The lowest BCUT2D eigenvalue weighted by Gasteiger charge is -2.30. The Hall–Kier alpha value is -1.59. The van der Waals surface area contributed by atoms with E-state index in [0.29, 0.717) is 18.5 Å². The van der Waals surface area contributed by atoms with E-state index < -0.39 is 11.0 Å². The van der Waals surface area contributed by atoms with Crippen LogP contribution in [-0.2, 0) is 24.7 Å². The van der Waals surface area contributed by atoms with Crippen LogP contribution in [-0.4, -0.2) is 46.2 Å². The Morgan fingerprint density at radius 1 is 1.21 bits per heavy atom. The van der Waals surface area contributed by atoms with Crippen molar-refractivity contribution in [3.05, 3.63) is 58.8 Å². The molecule has 188 valence electrons. The third-order valence-electron chi connectivity index (χ3n) is 7.14. The summed E-state index contributed by atoms with van der Waals surface area (Å²) in [5, 5.41) is 19.5. The molecule has 0 bridgehead atoms. The predicted octanol–water partition coefficient (Wildman–Crippen LogP) is 5.55. The van der Waals surface area contributed by atoms with Crippen LogP contribution in [0.5, 0.6) is 0 Å². The summed E-state index contributed by atoms with van der Waals surface area (Å²) in [6, 6.07) is 5.43. The van der Waals surface area contributed by atoms with Crippen LogP contribution in [0.2, 0.25) is 0 Å². The molecule has 1 fully saturated rings. The number of hydrogen-bond donors (Lipinski definition) is 4. The van der Waals surface area contributed by atoms with E-state index in [1.54, 1.807) is 0 Å². The van der Waals surface area contributed by atoms with Crippen LogP contribution in [0.1, 0.15) is 70.9 Å². The van der Waals surface area contributed by atoms with Crippen molar-refractivity contribution in [2.75, 3.05) is 13.1 Å². The van der Waals surface area contributed by atoms with Gasteiger partial charge in [-0.25, -0.2) is 0 Å². The molecule has 1 aromatic heterocycles. The van der Waals surface area contributed by atoms with Gasteiger partial charge in [0.2, 0.25) is 0 Å². The number of piperazine rings is 1. The van der Waals surface area contributed by atoms with E-state index in [1.165, 1.54) is 27.8 Å². The number of nitrogens with one attached hydrogen (secondary N) is 3. The summed E-state index contributed by atoms with van der Waals surface area (Å²) in [6.07, 6.45) is 5.95. The Bertz CT molecular complexity index is 1030. The third-order valence-corrected chi connectivity index (χ3v) is 7.39. The number of rotatable bonds is 9. The summed E-state index contributed by atoms with van der Waals surface area (Å²) >= 11 is 6.50. The molecule has 0 radical (unpaired) electrons. The number of aromatic amines is 1. The number of allylic oxidation sites excluding steroid dienone is 3. The van der Waals surface area contributed by atoms with Gasteiger partial charge in [-0.15, -0.1) is 18.2 Å². The molecule has 1 aromatic carbocycles. The average molecular weight is 486 g/mol. The molecule has 1 aliphatic heterocycles. The molecule has 4 nitrogen and oxygen atoms in total. The number of benzene rings is 1. The number of fused-ring (bicyclic) bond motifs is 1. The maximum absolute atomic E-state index is 10.9. The Labute approximate surface area is 211 Å². The van der Waals surface area contributed by atoms with Crippen LogP contribution in [0.3, 0.4) is 0 Å². The Balaban J connectivity index is 2.18. The van der Waals surface area contributed by atoms with Crippen LogP contribution in [0.15, 0.2) is 36.4 Å².